The topological polar surface area (TPSA) is 42.5 Å². The van der Waals surface area contributed by atoms with Crippen LogP contribution in [-0.2, 0) is 0 Å². The maximum atomic E-state index is 5.31. The standard InChI is InChI=1S/C48H34N4/c1-2-40(35-16-5-3-6-17-35)44(45(37-18-7-4-8-19-37)49-32-33-24-25-34-15-9-10-20-39(34)31-33)36-26-28-38(29-27-36)46-48-47(41-21-11-12-22-42(41)50-46)51-43-23-13-14-30-52(43)48/h2-32H,1H3/b40-2-,45-44-,49-32?. The molecule has 0 aliphatic heterocycles. The van der Waals surface area contributed by atoms with Crippen LogP contribution in [0.1, 0.15) is 29.2 Å². The molecule has 52 heavy (non-hydrogen) atoms. The zero-order valence-electron chi connectivity index (χ0n) is 28.7. The number of pyridine rings is 2. The highest BCUT2D eigenvalue weighted by molar-refractivity contribution is 6.16. The molecule has 3 aromatic heterocycles. The Balaban J connectivity index is 1.26. The highest BCUT2D eigenvalue weighted by Gasteiger charge is 2.20. The molecular weight excluding hydrogens is 633 g/mol. The van der Waals surface area contributed by atoms with E-state index in [0.29, 0.717) is 0 Å². The average molecular weight is 667 g/mol. The average Bonchev–Trinajstić information content (AvgIpc) is 3.61. The number of aliphatic imine (C=N–C) groups is 1. The van der Waals surface area contributed by atoms with Gasteiger partial charge in [-0.25, -0.2) is 9.97 Å². The molecule has 0 saturated heterocycles. The van der Waals surface area contributed by atoms with E-state index >= 15 is 0 Å². The predicted molar refractivity (Wildman–Crippen MR) is 218 cm³/mol. The van der Waals surface area contributed by atoms with Gasteiger partial charge in [0.05, 0.1) is 22.4 Å². The van der Waals surface area contributed by atoms with Crippen LogP contribution in [0.15, 0.2) is 187 Å². The Morgan fingerprint density at radius 2 is 1.29 bits per heavy atom. The Morgan fingerprint density at radius 1 is 0.596 bits per heavy atom. The summed E-state index contributed by atoms with van der Waals surface area (Å²) in [6, 6.07) is 59.1. The van der Waals surface area contributed by atoms with Gasteiger partial charge in [0.2, 0.25) is 0 Å². The first kappa shape index (κ1) is 31.1. The van der Waals surface area contributed by atoms with Gasteiger partial charge in [0, 0.05) is 34.5 Å². The first-order chi connectivity index (χ1) is 25.7. The maximum Gasteiger partial charge on any atom is 0.137 e. The molecule has 0 fully saturated rings. The molecule has 0 saturated carbocycles. The maximum absolute atomic E-state index is 5.31. The fourth-order valence-electron chi connectivity index (χ4n) is 7.15. The summed E-state index contributed by atoms with van der Waals surface area (Å²) in [5.74, 6) is 0. The first-order valence-corrected chi connectivity index (χ1v) is 17.6. The number of benzene rings is 6. The number of fused-ring (bicyclic) bond motifs is 6. The minimum absolute atomic E-state index is 0.895. The molecule has 0 spiro atoms. The fourth-order valence-corrected chi connectivity index (χ4v) is 7.15. The van der Waals surface area contributed by atoms with Crippen LogP contribution in [0.5, 0.6) is 0 Å². The lowest BCUT2D eigenvalue weighted by Crippen LogP contribution is -1.97. The zero-order valence-corrected chi connectivity index (χ0v) is 28.7. The molecule has 0 aliphatic rings. The van der Waals surface area contributed by atoms with Crippen LogP contribution < -0.4 is 0 Å². The first-order valence-electron chi connectivity index (χ1n) is 17.6. The molecule has 6 aromatic carbocycles. The minimum Gasteiger partial charge on any atom is -0.298 e. The predicted octanol–water partition coefficient (Wildman–Crippen LogP) is 11.9. The van der Waals surface area contributed by atoms with Crippen LogP contribution in [0.3, 0.4) is 0 Å². The van der Waals surface area contributed by atoms with Gasteiger partial charge in [-0.2, -0.15) is 0 Å². The number of nitrogens with zero attached hydrogens (tertiary/aromatic N) is 4. The van der Waals surface area contributed by atoms with Crippen molar-refractivity contribution < 1.29 is 0 Å². The summed E-state index contributed by atoms with van der Waals surface area (Å²) in [5, 5.41) is 3.44. The van der Waals surface area contributed by atoms with Crippen molar-refractivity contribution in [1.82, 2.24) is 14.4 Å². The van der Waals surface area contributed by atoms with Crippen LogP contribution >= 0.6 is 0 Å². The van der Waals surface area contributed by atoms with E-state index in [1.807, 2.05) is 42.6 Å². The van der Waals surface area contributed by atoms with Crippen LogP contribution in [0, 0.1) is 0 Å². The van der Waals surface area contributed by atoms with E-state index in [4.69, 9.17) is 15.0 Å². The monoisotopic (exact) mass is 666 g/mol. The van der Waals surface area contributed by atoms with Crippen molar-refractivity contribution in [2.75, 3.05) is 0 Å². The second-order valence-corrected chi connectivity index (χ2v) is 12.8. The smallest absolute Gasteiger partial charge is 0.137 e. The van der Waals surface area contributed by atoms with Gasteiger partial charge in [-0.1, -0.05) is 152 Å². The Kier molecular flexibility index (Phi) is 8.03. The van der Waals surface area contributed by atoms with Crippen LogP contribution in [0.25, 0.3) is 66.5 Å². The van der Waals surface area contributed by atoms with Crippen LogP contribution in [-0.4, -0.2) is 20.6 Å². The third-order valence-corrected chi connectivity index (χ3v) is 9.64. The highest BCUT2D eigenvalue weighted by Crippen LogP contribution is 2.40. The molecule has 4 heteroatoms. The highest BCUT2D eigenvalue weighted by atomic mass is 15.0. The van der Waals surface area contributed by atoms with E-state index in [1.54, 1.807) is 0 Å². The molecular formula is C48H34N4. The van der Waals surface area contributed by atoms with Crippen molar-refractivity contribution in [3.8, 4) is 11.3 Å². The summed E-state index contributed by atoms with van der Waals surface area (Å²) < 4.78 is 2.14. The summed E-state index contributed by atoms with van der Waals surface area (Å²) in [6.07, 6.45) is 6.25. The summed E-state index contributed by atoms with van der Waals surface area (Å²) in [6.45, 7) is 2.10. The van der Waals surface area contributed by atoms with E-state index in [9.17, 15) is 0 Å². The van der Waals surface area contributed by atoms with Gasteiger partial charge >= 0.3 is 0 Å². The SMILES string of the molecule is C/C=C(\C(=C(/N=Cc1ccc2ccccc2c1)c1ccccc1)c1ccc(-c2nc3ccccc3c3nc4ccccn4c23)cc1)c1ccccc1. The molecule has 4 nitrogen and oxygen atoms in total. The molecule has 9 aromatic rings. The summed E-state index contributed by atoms with van der Waals surface area (Å²) in [5.41, 5.74) is 13.0. The molecule has 3 heterocycles. The van der Waals surface area contributed by atoms with Crippen molar-refractivity contribution in [2.45, 2.75) is 6.92 Å². The largest absolute Gasteiger partial charge is 0.298 e. The summed E-state index contributed by atoms with van der Waals surface area (Å²) in [7, 11) is 0. The quantitative estimate of drug-likeness (QED) is 0.0965. The molecule has 9 rings (SSSR count). The Labute approximate surface area is 302 Å². The van der Waals surface area contributed by atoms with E-state index < -0.39 is 0 Å². The van der Waals surface area contributed by atoms with Gasteiger partial charge in [0.1, 0.15) is 11.2 Å². The molecule has 0 unspecified atom stereocenters. The summed E-state index contributed by atoms with van der Waals surface area (Å²) in [4.78, 5) is 15.6. The molecule has 0 bridgehead atoms. The van der Waals surface area contributed by atoms with Crippen molar-refractivity contribution in [2.24, 2.45) is 4.99 Å². The van der Waals surface area contributed by atoms with E-state index in [0.717, 1.165) is 77.9 Å². The molecule has 0 amide bonds. The zero-order chi connectivity index (χ0) is 34.9. The second kappa shape index (κ2) is 13.4. The van der Waals surface area contributed by atoms with Crippen LogP contribution in [0.2, 0.25) is 0 Å². The molecule has 246 valence electrons. The number of hydrogen-bond acceptors (Lipinski definition) is 3. The number of hydrogen-bond donors (Lipinski definition) is 0. The normalized spacial score (nSPS) is 12.7. The Morgan fingerprint density at radius 3 is 2.08 bits per heavy atom. The second-order valence-electron chi connectivity index (χ2n) is 12.8. The van der Waals surface area contributed by atoms with E-state index in [2.05, 4.69) is 157 Å². The number of imidazole rings is 1. The third-order valence-electron chi connectivity index (χ3n) is 9.64. The van der Waals surface area contributed by atoms with Crippen molar-refractivity contribution in [1.29, 1.82) is 0 Å². The third kappa shape index (κ3) is 5.66. The van der Waals surface area contributed by atoms with Gasteiger partial charge in [-0.3, -0.25) is 9.39 Å². The molecule has 0 N–H and O–H groups in total. The van der Waals surface area contributed by atoms with E-state index in [1.165, 1.54) is 10.8 Å². The molecule has 0 atom stereocenters. The minimum atomic E-state index is 0.895. The van der Waals surface area contributed by atoms with Crippen LogP contribution in [0.4, 0.5) is 0 Å². The molecule has 0 radical (unpaired) electrons. The Hall–Kier alpha value is -6.91. The van der Waals surface area contributed by atoms with Crippen molar-refractivity contribution >= 4 is 61.4 Å². The van der Waals surface area contributed by atoms with Gasteiger partial charge in [-0.15, -0.1) is 0 Å². The van der Waals surface area contributed by atoms with Gasteiger partial charge in [-0.05, 0) is 64.2 Å². The lowest BCUT2D eigenvalue weighted by atomic mass is 9.88. The number of allylic oxidation sites excluding steroid dienone is 3. The van der Waals surface area contributed by atoms with Gasteiger partial charge < -0.3 is 0 Å². The lowest BCUT2D eigenvalue weighted by Gasteiger charge is -2.18. The fraction of sp³-hybridized carbons (Fsp3) is 0.0208. The number of rotatable bonds is 7. The van der Waals surface area contributed by atoms with Crippen molar-refractivity contribution in [3.05, 3.63) is 204 Å². The lowest BCUT2D eigenvalue weighted by molar-refractivity contribution is 1.22. The number of aromatic nitrogens is 3. The van der Waals surface area contributed by atoms with Gasteiger partial charge in [0.25, 0.3) is 0 Å². The van der Waals surface area contributed by atoms with E-state index in [-0.39, 0.29) is 0 Å². The van der Waals surface area contributed by atoms with Gasteiger partial charge in [0.15, 0.2) is 0 Å². The summed E-state index contributed by atoms with van der Waals surface area (Å²) >= 11 is 0. The molecule has 0 aliphatic carbocycles. The van der Waals surface area contributed by atoms with Crippen molar-refractivity contribution in [3.63, 3.8) is 0 Å². The number of para-hydroxylation sites is 1. The Bertz CT molecular complexity index is 2830.